The van der Waals surface area contributed by atoms with E-state index in [0.29, 0.717) is 24.3 Å². The molecule has 30 heavy (non-hydrogen) atoms. The lowest BCUT2D eigenvalue weighted by atomic mass is 9.88. The van der Waals surface area contributed by atoms with Crippen LogP contribution in [0.5, 0.6) is 0 Å². The normalized spacial score (nSPS) is 14.6. The molecule has 1 saturated heterocycles. The number of Topliss-reactive ketones (excluding diaryl/α,β-unsaturated/α-hetero) is 1. The number of hydrogen-bond acceptors (Lipinski definition) is 3. The van der Waals surface area contributed by atoms with Gasteiger partial charge < -0.3 is 10.3 Å². The summed E-state index contributed by atoms with van der Waals surface area (Å²) >= 11 is 0. The van der Waals surface area contributed by atoms with E-state index >= 15 is 0 Å². The third kappa shape index (κ3) is 4.60. The maximum atomic E-state index is 12.5. The van der Waals surface area contributed by atoms with E-state index in [1.165, 1.54) is 52.9 Å². The molecule has 1 fully saturated rings. The van der Waals surface area contributed by atoms with Gasteiger partial charge in [0.15, 0.2) is 5.78 Å². The minimum Gasteiger partial charge on any atom is -0.328 e. The van der Waals surface area contributed by atoms with Gasteiger partial charge in [0.2, 0.25) is 5.56 Å². The van der Waals surface area contributed by atoms with Crippen molar-refractivity contribution in [1.82, 2.24) is 10.3 Å². The van der Waals surface area contributed by atoms with Crippen molar-refractivity contribution in [3.8, 4) is 11.1 Å². The van der Waals surface area contributed by atoms with Crippen LogP contribution in [0.1, 0.15) is 52.2 Å². The van der Waals surface area contributed by atoms with Gasteiger partial charge in [-0.3, -0.25) is 9.59 Å². The molecule has 154 valence electrons. The monoisotopic (exact) mass is 400 g/mol. The van der Waals surface area contributed by atoms with Crippen LogP contribution in [-0.4, -0.2) is 23.9 Å². The molecule has 2 N–H and O–H groups in total. The summed E-state index contributed by atoms with van der Waals surface area (Å²) in [6.07, 6.45) is 5.02. The summed E-state index contributed by atoms with van der Waals surface area (Å²) in [5, 5.41) is 3.43. The smallest absolute Gasteiger partial charge is 0.247 e. The van der Waals surface area contributed by atoms with Crippen LogP contribution in [0, 0.1) is 6.92 Å². The van der Waals surface area contributed by atoms with Gasteiger partial charge in [0, 0.05) is 24.2 Å². The molecule has 4 heteroatoms. The number of carbonyl (C=O) groups excluding carboxylic acids is 1. The Balaban J connectivity index is 1.47. The Morgan fingerprint density at radius 2 is 1.77 bits per heavy atom. The first-order chi connectivity index (χ1) is 14.6. The molecule has 2 heterocycles. The summed E-state index contributed by atoms with van der Waals surface area (Å²) in [6.45, 7) is 4.34. The third-order valence-corrected chi connectivity index (χ3v) is 6.21. The first-order valence-corrected chi connectivity index (χ1v) is 10.7. The van der Waals surface area contributed by atoms with Crippen LogP contribution in [0.15, 0.2) is 65.6 Å². The molecule has 0 radical (unpaired) electrons. The molecular formula is C26H28N2O2. The second kappa shape index (κ2) is 9.23. The van der Waals surface area contributed by atoms with Gasteiger partial charge in [0.1, 0.15) is 0 Å². The van der Waals surface area contributed by atoms with Crippen molar-refractivity contribution in [2.45, 2.75) is 38.5 Å². The van der Waals surface area contributed by atoms with Gasteiger partial charge in [-0.05, 0) is 79.1 Å². The first kappa shape index (κ1) is 20.3. The highest BCUT2D eigenvalue weighted by Gasteiger charge is 2.15. The summed E-state index contributed by atoms with van der Waals surface area (Å²) in [7, 11) is 0. The van der Waals surface area contributed by atoms with Gasteiger partial charge in [-0.2, -0.15) is 0 Å². The lowest BCUT2D eigenvalue weighted by Crippen LogP contribution is -2.26. The van der Waals surface area contributed by atoms with Gasteiger partial charge in [0.25, 0.3) is 0 Å². The Bertz CT molecular complexity index is 1060. The summed E-state index contributed by atoms with van der Waals surface area (Å²) < 4.78 is 0. The summed E-state index contributed by atoms with van der Waals surface area (Å²) in [6, 6.07) is 18.3. The fraction of sp³-hybridized carbons (Fsp3) is 0.308. The average Bonchev–Trinajstić information content (AvgIpc) is 2.79. The number of aromatic amines is 1. The second-order valence-electron chi connectivity index (χ2n) is 8.10. The standard InChI is InChI=1S/C26H28N2O2/c1-18-19(9-11-25(29)23-10-12-26(30)28-17-23)3-2-4-24(18)22-7-5-20(6-8-22)21-13-15-27-16-14-21/h2-8,10,12,17,21,27H,9,11,13-16H2,1H3,(H,28,30). The second-order valence-corrected chi connectivity index (χ2v) is 8.10. The van der Waals surface area contributed by atoms with E-state index in [1.54, 1.807) is 6.07 Å². The number of ketones is 1. The molecule has 4 nitrogen and oxygen atoms in total. The minimum absolute atomic E-state index is 0.0439. The lowest BCUT2D eigenvalue weighted by Gasteiger charge is -2.23. The molecule has 0 aliphatic carbocycles. The largest absolute Gasteiger partial charge is 0.328 e. The van der Waals surface area contributed by atoms with Crippen molar-refractivity contribution in [2.75, 3.05) is 13.1 Å². The number of piperidine rings is 1. The molecule has 0 saturated carbocycles. The Morgan fingerprint density at radius 1 is 1.00 bits per heavy atom. The predicted octanol–water partition coefficient (Wildman–Crippen LogP) is 4.63. The van der Waals surface area contributed by atoms with Crippen molar-refractivity contribution < 1.29 is 4.79 Å². The summed E-state index contributed by atoms with van der Waals surface area (Å²) in [5.74, 6) is 0.703. The van der Waals surface area contributed by atoms with Crippen molar-refractivity contribution in [3.63, 3.8) is 0 Å². The van der Waals surface area contributed by atoms with E-state index in [-0.39, 0.29) is 11.3 Å². The molecule has 1 aliphatic rings. The highest BCUT2D eigenvalue weighted by atomic mass is 16.1. The molecule has 0 amide bonds. The fourth-order valence-electron chi connectivity index (χ4n) is 4.33. The molecule has 0 atom stereocenters. The predicted molar refractivity (Wildman–Crippen MR) is 121 cm³/mol. The molecule has 0 bridgehead atoms. The Kier molecular flexibility index (Phi) is 6.24. The van der Waals surface area contributed by atoms with Crippen molar-refractivity contribution >= 4 is 5.78 Å². The summed E-state index contributed by atoms with van der Waals surface area (Å²) in [5.41, 5.74) is 6.65. The van der Waals surface area contributed by atoms with Crippen molar-refractivity contribution in [2.24, 2.45) is 0 Å². The number of H-pyrrole nitrogens is 1. The van der Waals surface area contributed by atoms with Crippen LogP contribution in [0.2, 0.25) is 0 Å². The van der Waals surface area contributed by atoms with E-state index in [4.69, 9.17) is 0 Å². The third-order valence-electron chi connectivity index (χ3n) is 6.21. The maximum absolute atomic E-state index is 12.5. The van der Waals surface area contributed by atoms with Gasteiger partial charge in [0.05, 0.1) is 0 Å². The quantitative estimate of drug-likeness (QED) is 0.593. The van der Waals surface area contributed by atoms with E-state index in [2.05, 4.69) is 59.7 Å². The number of aryl methyl sites for hydroxylation is 1. The lowest BCUT2D eigenvalue weighted by molar-refractivity contribution is 0.0982. The van der Waals surface area contributed by atoms with Gasteiger partial charge >= 0.3 is 0 Å². The topological polar surface area (TPSA) is 62.0 Å². The zero-order chi connectivity index (χ0) is 20.9. The zero-order valence-electron chi connectivity index (χ0n) is 17.4. The fourth-order valence-corrected chi connectivity index (χ4v) is 4.33. The molecule has 1 aromatic heterocycles. The van der Waals surface area contributed by atoms with Gasteiger partial charge in [-0.25, -0.2) is 0 Å². The molecule has 0 unspecified atom stereocenters. The van der Waals surface area contributed by atoms with Crippen LogP contribution in [0.25, 0.3) is 11.1 Å². The Hall–Kier alpha value is -2.98. The summed E-state index contributed by atoms with van der Waals surface area (Å²) in [4.78, 5) is 26.2. The van der Waals surface area contributed by atoms with E-state index in [1.807, 2.05) is 0 Å². The number of benzene rings is 2. The number of carbonyl (C=O) groups is 1. The van der Waals surface area contributed by atoms with Crippen LogP contribution in [-0.2, 0) is 6.42 Å². The SMILES string of the molecule is Cc1c(CCC(=O)c2ccc(=O)[nH]c2)cccc1-c1ccc(C2CCNCC2)cc1. The number of nitrogens with one attached hydrogen (secondary N) is 2. The molecular weight excluding hydrogens is 372 g/mol. The minimum atomic E-state index is -0.193. The van der Waals surface area contributed by atoms with Crippen molar-refractivity contribution in [3.05, 3.63) is 93.4 Å². The van der Waals surface area contributed by atoms with Gasteiger partial charge in [-0.1, -0.05) is 42.5 Å². The maximum Gasteiger partial charge on any atom is 0.247 e. The molecule has 0 spiro atoms. The molecule has 3 aromatic rings. The highest BCUT2D eigenvalue weighted by Crippen LogP contribution is 2.30. The zero-order valence-corrected chi connectivity index (χ0v) is 17.4. The molecule has 4 rings (SSSR count). The first-order valence-electron chi connectivity index (χ1n) is 10.7. The van der Waals surface area contributed by atoms with Crippen molar-refractivity contribution in [1.29, 1.82) is 0 Å². The van der Waals surface area contributed by atoms with Crippen LogP contribution in [0.4, 0.5) is 0 Å². The Labute approximate surface area is 177 Å². The molecule has 1 aliphatic heterocycles. The van der Waals surface area contributed by atoms with Crippen LogP contribution < -0.4 is 10.9 Å². The number of aromatic nitrogens is 1. The number of pyridine rings is 1. The Morgan fingerprint density at radius 3 is 2.47 bits per heavy atom. The van der Waals surface area contributed by atoms with Gasteiger partial charge in [-0.15, -0.1) is 0 Å². The number of hydrogen-bond donors (Lipinski definition) is 2. The molecule has 2 aromatic carbocycles. The van der Waals surface area contributed by atoms with E-state index in [9.17, 15) is 9.59 Å². The van der Waals surface area contributed by atoms with Crippen LogP contribution in [0.3, 0.4) is 0 Å². The van der Waals surface area contributed by atoms with Crippen LogP contribution >= 0.6 is 0 Å². The number of rotatable bonds is 6. The van der Waals surface area contributed by atoms with E-state index in [0.717, 1.165) is 13.1 Å². The van der Waals surface area contributed by atoms with E-state index < -0.39 is 0 Å². The average molecular weight is 401 g/mol. The highest BCUT2D eigenvalue weighted by molar-refractivity contribution is 5.95.